The number of carbonyl (C=O) groups is 1. The predicted molar refractivity (Wildman–Crippen MR) is 102 cm³/mol. The molecule has 2 aromatic carbocycles. The van der Waals surface area contributed by atoms with Gasteiger partial charge >= 0.3 is 5.97 Å². The van der Waals surface area contributed by atoms with Crippen molar-refractivity contribution in [2.75, 3.05) is 0 Å². The van der Waals surface area contributed by atoms with Crippen molar-refractivity contribution >= 4 is 21.9 Å². The average Bonchev–Trinajstić information content (AvgIpc) is 2.95. The number of benzene rings is 2. The highest BCUT2D eigenvalue weighted by Gasteiger charge is 2.24. The highest BCUT2D eigenvalue weighted by molar-refractivity contribution is 9.10. The number of carboxylic acid groups (broad SMARTS) is 1. The summed E-state index contributed by atoms with van der Waals surface area (Å²) in [5.74, 6) is -0.944. The molecule has 3 aromatic rings. The van der Waals surface area contributed by atoms with E-state index >= 15 is 0 Å². The first-order valence-electron chi connectivity index (χ1n) is 8.19. The summed E-state index contributed by atoms with van der Waals surface area (Å²) in [7, 11) is 0. The van der Waals surface area contributed by atoms with E-state index in [2.05, 4.69) is 21.0 Å². The van der Waals surface area contributed by atoms with Gasteiger partial charge in [0.25, 0.3) is 0 Å². The number of rotatable bonds is 5. The van der Waals surface area contributed by atoms with Crippen molar-refractivity contribution in [1.82, 2.24) is 9.78 Å². The van der Waals surface area contributed by atoms with E-state index in [4.69, 9.17) is 0 Å². The van der Waals surface area contributed by atoms with Crippen LogP contribution in [0.2, 0.25) is 0 Å². The number of nitrogens with zero attached hydrogens (tertiary/aromatic N) is 2. The third kappa shape index (κ3) is 3.51. The molecule has 0 spiro atoms. The lowest BCUT2D eigenvalue weighted by molar-refractivity contribution is 0.0696. The van der Waals surface area contributed by atoms with Gasteiger partial charge in [-0.25, -0.2) is 9.48 Å². The summed E-state index contributed by atoms with van der Waals surface area (Å²) < 4.78 is 2.68. The van der Waals surface area contributed by atoms with Crippen molar-refractivity contribution in [2.24, 2.45) is 0 Å². The molecule has 0 aliphatic rings. The molecule has 0 aliphatic carbocycles. The van der Waals surface area contributed by atoms with E-state index < -0.39 is 5.97 Å². The summed E-state index contributed by atoms with van der Waals surface area (Å²) in [4.78, 5) is 12.0. The number of aromatic nitrogens is 2. The fraction of sp³-hybridized carbons (Fsp3) is 0.200. The molecule has 4 nitrogen and oxygen atoms in total. The zero-order chi connectivity index (χ0) is 18.0. The SMILES string of the molecule is CCCc1c(C(=O)O)c(-c2ccc(C)cc2)nn1-c1cccc(Br)c1. The lowest BCUT2D eigenvalue weighted by Crippen LogP contribution is -2.06. The van der Waals surface area contributed by atoms with E-state index in [1.54, 1.807) is 4.68 Å². The molecule has 128 valence electrons. The van der Waals surface area contributed by atoms with Crippen molar-refractivity contribution < 1.29 is 9.90 Å². The lowest BCUT2D eigenvalue weighted by Gasteiger charge is -2.07. The van der Waals surface area contributed by atoms with Crippen LogP contribution < -0.4 is 0 Å². The molecular weight excluding hydrogens is 380 g/mol. The largest absolute Gasteiger partial charge is 0.478 e. The van der Waals surface area contributed by atoms with Gasteiger partial charge in [0.1, 0.15) is 11.3 Å². The Morgan fingerprint density at radius 1 is 1.20 bits per heavy atom. The second-order valence-electron chi connectivity index (χ2n) is 5.98. The topological polar surface area (TPSA) is 55.1 Å². The van der Waals surface area contributed by atoms with Crippen molar-refractivity contribution in [3.8, 4) is 16.9 Å². The van der Waals surface area contributed by atoms with Crippen molar-refractivity contribution in [3.05, 3.63) is 69.8 Å². The first-order chi connectivity index (χ1) is 12.0. The molecule has 0 saturated carbocycles. The molecule has 25 heavy (non-hydrogen) atoms. The summed E-state index contributed by atoms with van der Waals surface area (Å²) in [5, 5.41) is 14.5. The van der Waals surface area contributed by atoms with Crippen LogP contribution in [0.25, 0.3) is 16.9 Å². The number of hydrogen-bond donors (Lipinski definition) is 1. The highest BCUT2D eigenvalue weighted by atomic mass is 79.9. The monoisotopic (exact) mass is 398 g/mol. The maximum Gasteiger partial charge on any atom is 0.339 e. The standard InChI is InChI=1S/C20H19BrN2O2/c1-3-5-17-18(20(24)25)19(14-10-8-13(2)9-11-14)22-23(17)16-7-4-6-15(21)12-16/h4,6-12H,3,5H2,1-2H3,(H,24,25). The van der Waals surface area contributed by atoms with E-state index in [1.165, 1.54) is 0 Å². The van der Waals surface area contributed by atoms with Gasteiger partial charge in [-0.3, -0.25) is 0 Å². The molecule has 5 heteroatoms. The van der Waals surface area contributed by atoms with Gasteiger partial charge in [-0.15, -0.1) is 0 Å². The van der Waals surface area contributed by atoms with Gasteiger partial charge in [0.2, 0.25) is 0 Å². The van der Waals surface area contributed by atoms with Crippen LogP contribution in [0.1, 0.15) is 35.0 Å². The Morgan fingerprint density at radius 3 is 2.52 bits per heavy atom. The van der Waals surface area contributed by atoms with Crippen LogP contribution in [-0.4, -0.2) is 20.9 Å². The summed E-state index contributed by atoms with van der Waals surface area (Å²) in [6.45, 7) is 4.04. The minimum atomic E-state index is -0.944. The number of aryl methyl sites for hydroxylation is 1. The summed E-state index contributed by atoms with van der Waals surface area (Å²) in [6, 6.07) is 15.5. The Labute approximate surface area is 155 Å². The van der Waals surface area contributed by atoms with E-state index in [9.17, 15) is 9.90 Å². The lowest BCUT2D eigenvalue weighted by atomic mass is 10.0. The Bertz CT molecular complexity index is 914. The van der Waals surface area contributed by atoms with Crippen LogP contribution in [0.4, 0.5) is 0 Å². The Kier molecular flexibility index (Phi) is 5.04. The molecule has 1 aromatic heterocycles. The average molecular weight is 399 g/mol. The molecule has 3 rings (SSSR count). The smallest absolute Gasteiger partial charge is 0.339 e. The van der Waals surface area contributed by atoms with Gasteiger partial charge in [0.05, 0.1) is 11.4 Å². The molecule has 0 saturated heterocycles. The molecule has 1 N–H and O–H groups in total. The molecule has 0 amide bonds. The van der Waals surface area contributed by atoms with Gasteiger partial charge in [-0.05, 0) is 31.5 Å². The maximum atomic E-state index is 12.0. The van der Waals surface area contributed by atoms with Crippen LogP contribution in [0.5, 0.6) is 0 Å². The summed E-state index contributed by atoms with van der Waals surface area (Å²) in [5.41, 5.74) is 4.30. The zero-order valence-corrected chi connectivity index (χ0v) is 15.7. The van der Waals surface area contributed by atoms with Crippen molar-refractivity contribution in [3.63, 3.8) is 0 Å². The number of aromatic carboxylic acids is 1. The second kappa shape index (κ2) is 7.23. The Hall–Kier alpha value is -2.40. The number of hydrogen-bond acceptors (Lipinski definition) is 2. The molecule has 0 fully saturated rings. The van der Waals surface area contributed by atoms with Gasteiger partial charge < -0.3 is 5.11 Å². The van der Waals surface area contributed by atoms with Crippen LogP contribution in [0.3, 0.4) is 0 Å². The van der Waals surface area contributed by atoms with E-state index in [0.29, 0.717) is 12.1 Å². The number of carboxylic acids is 1. The quantitative estimate of drug-likeness (QED) is 0.637. The van der Waals surface area contributed by atoms with Crippen molar-refractivity contribution in [2.45, 2.75) is 26.7 Å². The fourth-order valence-electron chi connectivity index (χ4n) is 2.88. The van der Waals surface area contributed by atoms with Gasteiger partial charge in [-0.2, -0.15) is 5.10 Å². The van der Waals surface area contributed by atoms with E-state index in [-0.39, 0.29) is 5.56 Å². The van der Waals surface area contributed by atoms with Gasteiger partial charge in [-0.1, -0.05) is 65.2 Å². The summed E-state index contributed by atoms with van der Waals surface area (Å²) in [6.07, 6.45) is 1.49. The molecule has 1 heterocycles. The molecule has 0 radical (unpaired) electrons. The Morgan fingerprint density at radius 2 is 1.92 bits per heavy atom. The highest BCUT2D eigenvalue weighted by Crippen LogP contribution is 2.29. The first kappa shape index (κ1) is 17.4. The maximum absolute atomic E-state index is 12.0. The second-order valence-corrected chi connectivity index (χ2v) is 6.90. The Balaban J connectivity index is 2.26. The minimum Gasteiger partial charge on any atom is -0.478 e. The molecule has 0 atom stereocenters. The number of halogens is 1. The van der Waals surface area contributed by atoms with Crippen LogP contribution >= 0.6 is 15.9 Å². The van der Waals surface area contributed by atoms with Crippen LogP contribution in [0, 0.1) is 6.92 Å². The molecule has 0 unspecified atom stereocenters. The van der Waals surface area contributed by atoms with E-state index in [0.717, 1.165) is 33.4 Å². The van der Waals surface area contributed by atoms with Gasteiger partial charge in [0, 0.05) is 10.0 Å². The molecule has 0 aliphatic heterocycles. The third-order valence-electron chi connectivity index (χ3n) is 4.06. The molecule has 0 bridgehead atoms. The van der Waals surface area contributed by atoms with Crippen molar-refractivity contribution in [1.29, 1.82) is 0 Å². The predicted octanol–water partition coefficient (Wildman–Crippen LogP) is 5.26. The normalized spacial score (nSPS) is 10.8. The summed E-state index contributed by atoms with van der Waals surface area (Å²) >= 11 is 3.47. The van der Waals surface area contributed by atoms with Gasteiger partial charge in [0.15, 0.2) is 0 Å². The minimum absolute atomic E-state index is 0.283. The first-order valence-corrected chi connectivity index (χ1v) is 8.98. The van der Waals surface area contributed by atoms with E-state index in [1.807, 2.05) is 62.4 Å². The molecular formula is C20H19BrN2O2. The van der Waals surface area contributed by atoms with Crippen LogP contribution in [0.15, 0.2) is 53.0 Å². The fourth-order valence-corrected chi connectivity index (χ4v) is 3.27. The zero-order valence-electron chi connectivity index (χ0n) is 14.2. The van der Waals surface area contributed by atoms with Crippen LogP contribution in [-0.2, 0) is 6.42 Å². The third-order valence-corrected chi connectivity index (χ3v) is 4.55.